The summed E-state index contributed by atoms with van der Waals surface area (Å²) in [5.74, 6) is 0.188. The van der Waals surface area contributed by atoms with Gasteiger partial charge in [-0.2, -0.15) is 0 Å². The van der Waals surface area contributed by atoms with E-state index in [1.807, 2.05) is 32.3 Å². The molecular formula is C19H24ClN3O3. The van der Waals surface area contributed by atoms with Crippen LogP contribution in [0.5, 0.6) is 11.5 Å². The molecule has 0 heterocycles. The van der Waals surface area contributed by atoms with Crippen molar-refractivity contribution < 1.29 is 14.3 Å². The normalized spacial score (nSPS) is 10.7. The van der Waals surface area contributed by atoms with Crippen molar-refractivity contribution in [2.24, 2.45) is 5.73 Å². The molecule has 2 aromatic carbocycles. The highest BCUT2D eigenvalue weighted by molar-refractivity contribution is 6.32. The lowest BCUT2D eigenvalue weighted by molar-refractivity contribution is -0.119. The number of anilines is 1. The fraction of sp³-hybridized carbons (Fsp3) is 0.316. The lowest BCUT2D eigenvalue weighted by atomic mass is 10.1. The second-order valence-corrected chi connectivity index (χ2v) is 6.56. The Kier molecular flexibility index (Phi) is 7.12. The van der Waals surface area contributed by atoms with Crippen LogP contribution in [0.2, 0.25) is 5.02 Å². The lowest BCUT2D eigenvalue weighted by Crippen LogP contribution is -2.20. The van der Waals surface area contributed by atoms with Gasteiger partial charge in [0, 0.05) is 18.8 Å². The first-order valence-corrected chi connectivity index (χ1v) is 8.52. The number of nitrogens with one attached hydrogen (secondary N) is 1. The van der Waals surface area contributed by atoms with Crippen molar-refractivity contribution in [1.82, 2.24) is 4.90 Å². The number of carbonyl (C=O) groups is 1. The summed E-state index contributed by atoms with van der Waals surface area (Å²) in [7, 11) is 5.59. The molecule has 2 aromatic rings. The summed E-state index contributed by atoms with van der Waals surface area (Å²) >= 11 is 6.27. The Balaban J connectivity index is 2.10. The van der Waals surface area contributed by atoms with E-state index in [9.17, 15) is 4.79 Å². The van der Waals surface area contributed by atoms with E-state index in [0.29, 0.717) is 23.1 Å². The molecule has 26 heavy (non-hydrogen) atoms. The molecule has 6 nitrogen and oxygen atoms in total. The zero-order valence-corrected chi connectivity index (χ0v) is 16.0. The van der Waals surface area contributed by atoms with E-state index in [2.05, 4.69) is 22.3 Å². The number of hydrogen-bond acceptors (Lipinski definition) is 5. The maximum Gasteiger partial charge on any atom is 0.255 e. The van der Waals surface area contributed by atoms with Crippen LogP contribution in [0.3, 0.4) is 0 Å². The van der Waals surface area contributed by atoms with Crippen LogP contribution in [0.15, 0.2) is 36.4 Å². The molecule has 0 unspecified atom stereocenters. The number of benzene rings is 2. The number of nitrogens with two attached hydrogens (primary N) is 1. The van der Waals surface area contributed by atoms with Gasteiger partial charge >= 0.3 is 0 Å². The van der Waals surface area contributed by atoms with Crippen LogP contribution in [0.1, 0.15) is 11.1 Å². The largest absolute Gasteiger partial charge is 0.493 e. The standard InChI is InChI=1S/C19H24ClN3O3/c1-23(2)11-13-5-4-6-15(7-13)22-10-14-8-16(20)19(17(9-14)25-3)26-12-18(21)24/h4-9,22H,10-12H2,1-3H3,(H2,21,24). The smallest absolute Gasteiger partial charge is 0.255 e. The number of methoxy groups -OCH3 is 1. The molecular weight excluding hydrogens is 354 g/mol. The monoisotopic (exact) mass is 377 g/mol. The Morgan fingerprint density at radius 1 is 1.23 bits per heavy atom. The number of rotatable bonds is 9. The van der Waals surface area contributed by atoms with E-state index in [0.717, 1.165) is 17.8 Å². The van der Waals surface area contributed by atoms with Gasteiger partial charge in [0.1, 0.15) is 0 Å². The molecule has 7 heteroatoms. The van der Waals surface area contributed by atoms with Gasteiger partial charge in [0.2, 0.25) is 0 Å². The summed E-state index contributed by atoms with van der Waals surface area (Å²) in [6, 6.07) is 11.8. The van der Waals surface area contributed by atoms with E-state index in [1.165, 1.54) is 12.7 Å². The van der Waals surface area contributed by atoms with Crippen LogP contribution in [-0.4, -0.2) is 38.6 Å². The van der Waals surface area contributed by atoms with Gasteiger partial charge in [-0.3, -0.25) is 4.79 Å². The highest BCUT2D eigenvalue weighted by Gasteiger charge is 2.13. The van der Waals surface area contributed by atoms with Gasteiger partial charge in [0.15, 0.2) is 18.1 Å². The van der Waals surface area contributed by atoms with Crippen LogP contribution in [0.4, 0.5) is 5.69 Å². The molecule has 2 rings (SSSR count). The van der Waals surface area contributed by atoms with Gasteiger partial charge < -0.3 is 25.4 Å². The number of hydrogen-bond donors (Lipinski definition) is 2. The Morgan fingerprint density at radius 2 is 2.00 bits per heavy atom. The Morgan fingerprint density at radius 3 is 2.65 bits per heavy atom. The van der Waals surface area contributed by atoms with Gasteiger partial charge in [-0.05, 0) is 49.5 Å². The van der Waals surface area contributed by atoms with Gasteiger partial charge in [-0.25, -0.2) is 0 Å². The van der Waals surface area contributed by atoms with Crippen LogP contribution in [0.25, 0.3) is 0 Å². The number of ether oxygens (including phenoxy) is 2. The van der Waals surface area contributed by atoms with Crippen molar-refractivity contribution >= 4 is 23.2 Å². The maximum atomic E-state index is 10.9. The summed E-state index contributed by atoms with van der Waals surface area (Å²) in [6.07, 6.45) is 0. The van der Waals surface area contributed by atoms with E-state index in [-0.39, 0.29) is 6.61 Å². The van der Waals surface area contributed by atoms with Crippen LogP contribution < -0.4 is 20.5 Å². The molecule has 0 aliphatic carbocycles. The first-order chi connectivity index (χ1) is 12.4. The SMILES string of the molecule is COc1cc(CNc2cccc(CN(C)C)c2)cc(Cl)c1OCC(N)=O. The second-order valence-electron chi connectivity index (χ2n) is 6.16. The fourth-order valence-electron chi connectivity index (χ4n) is 2.51. The highest BCUT2D eigenvalue weighted by atomic mass is 35.5. The second kappa shape index (κ2) is 9.31. The van der Waals surface area contributed by atoms with Crippen molar-refractivity contribution in [3.63, 3.8) is 0 Å². The fourth-order valence-corrected chi connectivity index (χ4v) is 2.80. The molecule has 0 aliphatic heterocycles. The van der Waals surface area contributed by atoms with E-state index < -0.39 is 5.91 Å². The number of halogens is 1. The number of carbonyl (C=O) groups excluding carboxylic acids is 1. The van der Waals surface area contributed by atoms with Crippen LogP contribution in [-0.2, 0) is 17.9 Å². The zero-order valence-electron chi connectivity index (χ0n) is 15.2. The van der Waals surface area contributed by atoms with Gasteiger partial charge in [0.25, 0.3) is 5.91 Å². The molecule has 0 fully saturated rings. The van der Waals surface area contributed by atoms with E-state index in [1.54, 1.807) is 6.07 Å². The van der Waals surface area contributed by atoms with Gasteiger partial charge in [0.05, 0.1) is 12.1 Å². The summed E-state index contributed by atoms with van der Waals surface area (Å²) < 4.78 is 10.7. The van der Waals surface area contributed by atoms with Gasteiger partial charge in [-0.15, -0.1) is 0 Å². The Labute approximate surface area is 158 Å². The minimum absolute atomic E-state index is 0.258. The maximum absolute atomic E-state index is 10.9. The quantitative estimate of drug-likeness (QED) is 0.702. The predicted molar refractivity (Wildman–Crippen MR) is 104 cm³/mol. The van der Waals surface area contributed by atoms with Gasteiger partial charge in [-0.1, -0.05) is 23.7 Å². The first kappa shape index (κ1) is 19.9. The minimum Gasteiger partial charge on any atom is -0.493 e. The van der Waals surface area contributed by atoms with Crippen LogP contribution in [0, 0.1) is 0 Å². The topological polar surface area (TPSA) is 76.8 Å². The average molecular weight is 378 g/mol. The predicted octanol–water partition coefficient (Wildman–Crippen LogP) is 2.89. The summed E-state index contributed by atoms with van der Waals surface area (Å²) in [5, 5.41) is 3.74. The van der Waals surface area contributed by atoms with Crippen molar-refractivity contribution in [3.8, 4) is 11.5 Å². The van der Waals surface area contributed by atoms with Crippen molar-refractivity contribution in [2.75, 3.05) is 33.1 Å². The van der Waals surface area contributed by atoms with E-state index >= 15 is 0 Å². The summed E-state index contributed by atoms with van der Waals surface area (Å²) in [4.78, 5) is 13.0. The molecule has 0 aliphatic rings. The molecule has 0 saturated heterocycles. The average Bonchev–Trinajstić information content (AvgIpc) is 2.58. The van der Waals surface area contributed by atoms with Crippen molar-refractivity contribution in [3.05, 3.63) is 52.5 Å². The minimum atomic E-state index is -0.577. The molecule has 0 atom stereocenters. The number of nitrogens with zero attached hydrogens (tertiary/aromatic N) is 1. The Bertz CT molecular complexity index is 766. The Hall–Kier alpha value is -2.44. The third-order valence-corrected chi connectivity index (χ3v) is 3.85. The molecule has 0 radical (unpaired) electrons. The number of primary amides is 1. The summed E-state index contributed by atoms with van der Waals surface area (Å²) in [5.41, 5.74) is 8.28. The first-order valence-electron chi connectivity index (χ1n) is 8.14. The van der Waals surface area contributed by atoms with E-state index in [4.69, 9.17) is 26.8 Å². The molecule has 0 bridgehead atoms. The molecule has 0 spiro atoms. The molecule has 140 valence electrons. The van der Waals surface area contributed by atoms with Crippen molar-refractivity contribution in [2.45, 2.75) is 13.1 Å². The summed E-state index contributed by atoms with van der Waals surface area (Å²) in [6.45, 7) is 1.19. The molecule has 0 aromatic heterocycles. The lowest BCUT2D eigenvalue weighted by Gasteiger charge is -2.15. The third kappa shape index (κ3) is 5.82. The third-order valence-electron chi connectivity index (χ3n) is 3.57. The zero-order chi connectivity index (χ0) is 19.1. The highest BCUT2D eigenvalue weighted by Crippen LogP contribution is 2.36. The van der Waals surface area contributed by atoms with Crippen molar-refractivity contribution in [1.29, 1.82) is 0 Å². The number of amides is 1. The molecule has 1 amide bonds. The molecule has 0 saturated carbocycles. The molecule has 3 N–H and O–H groups in total. The van der Waals surface area contributed by atoms with Crippen LogP contribution >= 0.6 is 11.6 Å².